The molecule has 106 valence electrons. The Morgan fingerprint density at radius 1 is 1.47 bits per heavy atom. The normalized spacial score (nSPS) is 20.4. The van der Waals surface area contributed by atoms with Gasteiger partial charge in [0, 0.05) is 31.2 Å². The lowest BCUT2D eigenvalue weighted by molar-refractivity contribution is 0.214. The molecule has 3 nitrogen and oxygen atoms in total. The largest absolute Gasteiger partial charge is 0.326 e. The minimum absolute atomic E-state index is 0.135. The smallest absolute Gasteiger partial charge is 0.127 e. The molecule has 1 heterocycles. The summed E-state index contributed by atoms with van der Waals surface area (Å²) in [7, 11) is 4.22. The quantitative estimate of drug-likeness (QED) is 0.881. The fourth-order valence-corrected chi connectivity index (χ4v) is 2.80. The maximum atomic E-state index is 13.8. The van der Waals surface area contributed by atoms with Crippen molar-refractivity contribution in [3.8, 4) is 0 Å². The highest BCUT2D eigenvalue weighted by Gasteiger charge is 2.22. The SMILES string of the molecule is CN(Cc1cc(CN)ccc1F)CC1CCCN1C. The van der Waals surface area contributed by atoms with Crippen LogP contribution in [-0.4, -0.2) is 43.0 Å². The summed E-state index contributed by atoms with van der Waals surface area (Å²) in [6.07, 6.45) is 2.51. The van der Waals surface area contributed by atoms with Crippen molar-refractivity contribution in [3.05, 3.63) is 35.1 Å². The number of nitrogens with two attached hydrogens (primary N) is 1. The number of halogens is 1. The lowest BCUT2D eigenvalue weighted by Crippen LogP contribution is -2.36. The molecule has 1 fully saturated rings. The van der Waals surface area contributed by atoms with Crippen molar-refractivity contribution in [1.82, 2.24) is 9.80 Å². The molecule has 19 heavy (non-hydrogen) atoms. The molecule has 0 aromatic heterocycles. The van der Waals surface area contributed by atoms with Crippen LogP contribution in [0, 0.1) is 5.82 Å². The molecule has 1 aliphatic heterocycles. The van der Waals surface area contributed by atoms with Gasteiger partial charge in [0.05, 0.1) is 0 Å². The molecule has 0 aliphatic carbocycles. The van der Waals surface area contributed by atoms with Crippen LogP contribution in [0.3, 0.4) is 0 Å². The van der Waals surface area contributed by atoms with Crippen molar-refractivity contribution in [2.45, 2.75) is 32.0 Å². The van der Waals surface area contributed by atoms with E-state index in [4.69, 9.17) is 5.73 Å². The van der Waals surface area contributed by atoms with Gasteiger partial charge < -0.3 is 15.5 Å². The third-order valence-corrected chi connectivity index (χ3v) is 3.98. The van der Waals surface area contributed by atoms with Gasteiger partial charge in [-0.15, -0.1) is 0 Å². The van der Waals surface area contributed by atoms with Crippen LogP contribution >= 0.6 is 0 Å². The van der Waals surface area contributed by atoms with E-state index in [1.807, 2.05) is 6.07 Å². The van der Waals surface area contributed by atoms with Gasteiger partial charge in [0.15, 0.2) is 0 Å². The topological polar surface area (TPSA) is 32.5 Å². The van der Waals surface area contributed by atoms with Crippen LogP contribution in [0.2, 0.25) is 0 Å². The standard InChI is InChI=1S/C15H24FN3/c1-18(11-14-4-3-7-19(14)2)10-13-8-12(9-17)5-6-15(13)16/h5-6,8,14H,3-4,7,9-11,17H2,1-2H3. The van der Waals surface area contributed by atoms with Gasteiger partial charge >= 0.3 is 0 Å². The average molecular weight is 265 g/mol. The van der Waals surface area contributed by atoms with E-state index >= 15 is 0 Å². The van der Waals surface area contributed by atoms with Crippen LogP contribution in [-0.2, 0) is 13.1 Å². The Morgan fingerprint density at radius 2 is 2.26 bits per heavy atom. The molecule has 2 N–H and O–H groups in total. The average Bonchev–Trinajstić information content (AvgIpc) is 2.78. The van der Waals surface area contributed by atoms with Crippen LogP contribution < -0.4 is 5.73 Å². The Balaban J connectivity index is 1.96. The second-order valence-corrected chi connectivity index (χ2v) is 5.60. The number of hydrogen-bond acceptors (Lipinski definition) is 3. The fourth-order valence-electron chi connectivity index (χ4n) is 2.80. The maximum Gasteiger partial charge on any atom is 0.127 e. The van der Waals surface area contributed by atoms with Gasteiger partial charge in [0.25, 0.3) is 0 Å². The van der Waals surface area contributed by atoms with Crippen molar-refractivity contribution >= 4 is 0 Å². The molecule has 1 aromatic carbocycles. The molecular weight excluding hydrogens is 241 g/mol. The molecule has 0 radical (unpaired) electrons. The number of rotatable bonds is 5. The first-order valence-electron chi connectivity index (χ1n) is 6.96. The first-order valence-corrected chi connectivity index (χ1v) is 6.96. The van der Waals surface area contributed by atoms with Crippen molar-refractivity contribution in [1.29, 1.82) is 0 Å². The van der Waals surface area contributed by atoms with Gasteiger partial charge in [-0.1, -0.05) is 12.1 Å². The molecule has 1 unspecified atom stereocenters. The van der Waals surface area contributed by atoms with Gasteiger partial charge in [0.1, 0.15) is 5.82 Å². The molecule has 2 rings (SSSR count). The van der Waals surface area contributed by atoms with Gasteiger partial charge in [-0.2, -0.15) is 0 Å². The van der Waals surface area contributed by atoms with E-state index < -0.39 is 0 Å². The van der Waals surface area contributed by atoms with Gasteiger partial charge in [-0.05, 0) is 45.1 Å². The molecule has 1 aliphatic rings. The molecule has 1 atom stereocenters. The molecule has 0 spiro atoms. The third-order valence-electron chi connectivity index (χ3n) is 3.98. The van der Waals surface area contributed by atoms with Crippen molar-refractivity contribution in [2.75, 3.05) is 27.2 Å². The summed E-state index contributed by atoms with van der Waals surface area (Å²) in [6, 6.07) is 5.76. The van der Waals surface area contributed by atoms with Crippen LogP contribution in [0.5, 0.6) is 0 Å². The van der Waals surface area contributed by atoms with Crippen LogP contribution in [0.25, 0.3) is 0 Å². The van der Waals surface area contributed by atoms with E-state index in [0.717, 1.165) is 17.7 Å². The zero-order valence-electron chi connectivity index (χ0n) is 11.9. The van der Waals surface area contributed by atoms with Crippen molar-refractivity contribution < 1.29 is 4.39 Å². The summed E-state index contributed by atoms with van der Waals surface area (Å²) < 4.78 is 13.8. The maximum absolute atomic E-state index is 13.8. The highest BCUT2D eigenvalue weighted by molar-refractivity contribution is 5.25. The molecular formula is C15H24FN3. The van der Waals surface area contributed by atoms with E-state index in [0.29, 0.717) is 19.1 Å². The summed E-state index contributed by atoms with van der Waals surface area (Å²) in [4.78, 5) is 4.59. The van der Waals surface area contributed by atoms with E-state index in [1.54, 1.807) is 6.07 Å². The molecule has 1 aromatic rings. The second-order valence-electron chi connectivity index (χ2n) is 5.60. The first-order chi connectivity index (χ1) is 9.10. The summed E-state index contributed by atoms with van der Waals surface area (Å²) in [5.41, 5.74) is 7.34. The predicted molar refractivity (Wildman–Crippen MR) is 76.3 cm³/mol. The van der Waals surface area contributed by atoms with Crippen molar-refractivity contribution in [2.24, 2.45) is 5.73 Å². The van der Waals surface area contributed by atoms with Crippen molar-refractivity contribution in [3.63, 3.8) is 0 Å². The van der Waals surface area contributed by atoms with E-state index in [-0.39, 0.29) is 5.82 Å². The van der Waals surface area contributed by atoms with Gasteiger partial charge in [0.2, 0.25) is 0 Å². The van der Waals surface area contributed by atoms with E-state index in [9.17, 15) is 4.39 Å². The summed E-state index contributed by atoms with van der Waals surface area (Å²) in [5.74, 6) is -0.135. The Hall–Kier alpha value is -0.970. The zero-order chi connectivity index (χ0) is 13.8. The molecule has 0 saturated carbocycles. The highest BCUT2D eigenvalue weighted by atomic mass is 19.1. The fraction of sp³-hybridized carbons (Fsp3) is 0.600. The molecule has 1 saturated heterocycles. The summed E-state index contributed by atoms with van der Waals surface area (Å²) in [6.45, 7) is 3.27. The minimum Gasteiger partial charge on any atom is -0.326 e. The Kier molecular flexibility index (Phi) is 4.91. The number of likely N-dealkylation sites (N-methyl/N-ethyl adjacent to an activating group) is 2. The highest BCUT2D eigenvalue weighted by Crippen LogP contribution is 2.17. The van der Waals surface area contributed by atoms with Crippen LogP contribution in [0.15, 0.2) is 18.2 Å². The van der Waals surface area contributed by atoms with Crippen LogP contribution in [0.1, 0.15) is 24.0 Å². The second kappa shape index (κ2) is 6.46. The lowest BCUT2D eigenvalue weighted by Gasteiger charge is -2.26. The number of benzene rings is 1. The van der Waals surface area contributed by atoms with Gasteiger partial charge in [-0.3, -0.25) is 0 Å². The monoisotopic (exact) mass is 265 g/mol. The summed E-state index contributed by atoms with van der Waals surface area (Å²) >= 11 is 0. The lowest BCUT2D eigenvalue weighted by atomic mass is 10.1. The Labute approximate surface area is 115 Å². The number of hydrogen-bond donors (Lipinski definition) is 1. The summed E-state index contributed by atoms with van der Waals surface area (Å²) in [5, 5.41) is 0. The third kappa shape index (κ3) is 3.75. The van der Waals surface area contributed by atoms with E-state index in [2.05, 4.69) is 23.9 Å². The molecule has 0 amide bonds. The van der Waals surface area contributed by atoms with Gasteiger partial charge in [-0.25, -0.2) is 4.39 Å². The van der Waals surface area contributed by atoms with E-state index in [1.165, 1.54) is 25.5 Å². The number of likely N-dealkylation sites (tertiary alicyclic amines) is 1. The zero-order valence-corrected chi connectivity index (χ0v) is 11.9. The predicted octanol–water partition coefficient (Wildman–Crippen LogP) is 1.81. The van der Waals surface area contributed by atoms with Crippen LogP contribution in [0.4, 0.5) is 4.39 Å². The minimum atomic E-state index is -0.135. The molecule has 4 heteroatoms. The molecule has 0 bridgehead atoms. The Bertz CT molecular complexity index is 422. The number of nitrogens with zero attached hydrogens (tertiary/aromatic N) is 2. The Morgan fingerprint density at radius 3 is 2.89 bits per heavy atom. The first kappa shape index (κ1) is 14.4.